The summed E-state index contributed by atoms with van der Waals surface area (Å²) < 4.78 is 18.1. The number of benzene rings is 2. The lowest BCUT2D eigenvalue weighted by Crippen LogP contribution is -2.20. The summed E-state index contributed by atoms with van der Waals surface area (Å²) in [5.74, 6) is -0.614. The molecule has 0 spiro atoms. The van der Waals surface area contributed by atoms with Crippen molar-refractivity contribution in [3.05, 3.63) is 53.3 Å². The summed E-state index contributed by atoms with van der Waals surface area (Å²) >= 11 is 5.78. The van der Waals surface area contributed by atoms with Crippen molar-refractivity contribution >= 4 is 28.9 Å². The van der Waals surface area contributed by atoms with Crippen LogP contribution in [0.2, 0.25) is 5.02 Å². The molecule has 0 saturated carbocycles. The molecule has 0 aliphatic carbocycles. The highest BCUT2D eigenvalue weighted by molar-refractivity contribution is 6.32. The molecule has 0 saturated heterocycles. The highest BCUT2D eigenvalue weighted by atomic mass is 35.5. The van der Waals surface area contributed by atoms with Gasteiger partial charge >= 0.3 is 0 Å². The monoisotopic (exact) mass is 294 g/mol. The topological polar surface area (TPSA) is 64.3 Å². The minimum atomic E-state index is -0.469. The van der Waals surface area contributed by atoms with Crippen molar-refractivity contribution in [1.29, 1.82) is 0 Å². The lowest BCUT2D eigenvalue weighted by Gasteiger charge is -2.10. The number of carbonyl (C=O) groups is 1. The number of nitrogen functional groups attached to an aromatic ring is 1. The number of hydrogen-bond donors (Lipinski definition) is 2. The highest BCUT2D eigenvalue weighted by Gasteiger charge is 2.08. The van der Waals surface area contributed by atoms with Crippen LogP contribution < -0.4 is 15.8 Å². The maximum atomic E-state index is 12.8. The number of anilines is 2. The Labute approximate surface area is 120 Å². The Kier molecular flexibility index (Phi) is 4.42. The number of nitrogens with two attached hydrogens (primary N) is 1. The molecule has 0 aromatic heterocycles. The molecule has 6 heteroatoms. The van der Waals surface area contributed by atoms with Crippen LogP contribution >= 0.6 is 11.6 Å². The third-order valence-corrected chi connectivity index (χ3v) is 2.78. The molecular weight excluding hydrogens is 283 g/mol. The third kappa shape index (κ3) is 3.61. The molecule has 3 N–H and O–H groups in total. The zero-order chi connectivity index (χ0) is 14.5. The van der Waals surface area contributed by atoms with E-state index in [0.29, 0.717) is 11.4 Å². The van der Waals surface area contributed by atoms with Gasteiger partial charge in [0.2, 0.25) is 0 Å². The molecule has 0 aliphatic rings. The lowest BCUT2D eigenvalue weighted by atomic mass is 10.2. The number of ether oxygens (including phenoxy) is 1. The van der Waals surface area contributed by atoms with Gasteiger partial charge in [0.25, 0.3) is 5.91 Å². The van der Waals surface area contributed by atoms with Crippen molar-refractivity contribution in [1.82, 2.24) is 0 Å². The van der Waals surface area contributed by atoms with Gasteiger partial charge in [-0.25, -0.2) is 4.39 Å². The smallest absolute Gasteiger partial charge is 0.262 e. The van der Waals surface area contributed by atoms with Crippen LogP contribution in [0.4, 0.5) is 15.8 Å². The average Bonchev–Trinajstić information content (AvgIpc) is 2.40. The van der Waals surface area contributed by atoms with E-state index < -0.39 is 5.82 Å². The minimum Gasteiger partial charge on any atom is -0.482 e. The van der Waals surface area contributed by atoms with Gasteiger partial charge in [-0.15, -0.1) is 0 Å². The van der Waals surface area contributed by atoms with E-state index in [1.54, 1.807) is 24.3 Å². The van der Waals surface area contributed by atoms with Crippen LogP contribution in [0.25, 0.3) is 0 Å². The summed E-state index contributed by atoms with van der Waals surface area (Å²) in [6, 6.07) is 10.6. The van der Waals surface area contributed by atoms with Crippen LogP contribution in [0.3, 0.4) is 0 Å². The molecule has 2 aromatic rings. The lowest BCUT2D eigenvalue weighted by molar-refractivity contribution is -0.118. The third-order valence-electron chi connectivity index (χ3n) is 2.49. The second-order valence-corrected chi connectivity index (χ2v) is 4.41. The number of hydrogen-bond acceptors (Lipinski definition) is 3. The molecule has 2 aromatic carbocycles. The second-order valence-electron chi connectivity index (χ2n) is 4.00. The summed E-state index contributed by atoms with van der Waals surface area (Å²) in [4.78, 5) is 11.7. The number of rotatable bonds is 4. The SMILES string of the molecule is Nc1ccccc1NC(=O)COc1ccc(F)cc1Cl. The van der Waals surface area contributed by atoms with E-state index in [-0.39, 0.29) is 23.3 Å². The number of amides is 1. The van der Waals surface area contributed by atoms with E-state index in [2.05, 4.69) is 5.32 Å². The average molecular weight is 295 g/mol. The van der Waals surface area contributed by atoms with E-state index in [4.69, 9.17) is 22.1 Å². The van der Waals surface area contributed by atoms with Gasteiger partial charge in [0, 0.05) is 0 Å². The molecule has 1 amide bonds. The normalized spacial score (nSPS) is 10.1. The van der Waals surface area contributed by atoms with Gasteiger partial charge in [0.1, 0.15) is 11.6 Å². The first-order valence-electron chi connectivity index (χ1n) is 5.78. The Morgan fingerprint density at radius 2 is 2.05 bits per heavy atom. The van der Waals surface area contributed by atoms with Gasteiger partial charge in [-0.1, -0.05) is 23.7 Å². The number of para-hydroxylation sites is 2. The Morgan fingerprint density at radius 3 is 2.75 bits per heavy atom. The molecule has 104 valence electrons. The van der Waals surface area contributed by atoms with E-state index in [1.807, 2.05) is 0 Å². The van der Waals surface area contributed by atoms with E-state index in [1.165, 1.54) is 12.1 Å². The summed E-state index contributed by atoms with van der Waals surface area (Å²) in [7, 11) is 0. The molecule has 0 bridgehead atoms. The van der Waals surface area contributed by atoms with Crippen LogP contribution in [0.5, 0.6) is 5.75 Å². The van der Waals surface area contributed by atoms with Crippen molar-refractivity contribution in [2.75, 3.05) is 17.7 Å². The number of nitrogens with one attached hydrogen (secondary N) is 1. The summed E-state index contributed by atoms with van der Waals surface area (Å²) in [6.45, 7) is -0.250. The van der Waals surface area contributed by atoms with Crippen molar-refractivity contribution in [2.24, 2.45) is 0 Å². The molecule has 0 fully saturated rings. The molecule has 4 nitrogen and oxygen atoms in total. The summed E-state index contributed by atoms with van der Waals surface area (Å²) in [5.41, 5.74) is 6.66. The molecule has 0 aliphatic heterocycles. The standard InChI is InChI=1S/C14H12ClFN2O2/c15-10-7-9(16)5-6-13(10)20-8-14(19)18-12-4-2-1-3-11(12)17/h1-7H,8,17H2,(H,18,19). The Morgan fingerprint density at radius 1 is 1.30 bits per heavy atom. The zero-order valence-corrected chi connectivity index (χ0v) is 11.2. The van der Waals surface area contributed by atoms with Crippen LogP contribution in [-0.2, 0) is 4.79 Å². The largest absolute Gasteiger partial charge is 0.482 e. The molecule has 0 heterocycles. The predicted molar refractivity (Wildman–Crippen MR) is 76.4 cm³/mol. The van der Waals surface area contributed by atoms with E-state index in [0.717, 1.165) is 6.07 Å². The van der Waals surface area contributed by atoms with Crippen LogP contribution in [0.1, 0.15) is 0 Å². The number of halogens is 2. The van der Waals surface area contributed by atoms with E-state index >= 15 is 0 Å². The summed E-state index contributed by atoms with van der Waals surface area (Å²) in [6.07, 6.45) is 0. The first-order valence-corrected chi connectivity index (χ1v) is 6.16. The molecule has 0 unspecified atom stereocenters. The first-order chi connectivity index (χ1) is 9.56. The van der Waals surface area contributed by atoms with Crippen molar-refractivity contribution in [3.8, 4) is 5.75 Å². The van der Waals surface area contributed by atoms with Crippen molar-refractivity contribution in [3.63, 3.8) is 0 Å². The molecule has 0 radical (unpaired) electrons. The van der Waals surface area contributed by atoms with Gasteiger partial charge in [-0.2, -0.15) is 0 Å². The second kappa shape index (κ2) is 6.25. The van der Waals surface area contributed by atoms with Crippen LogP contribution in [0, 0.1) is 5.82 Å². The fourth-order valence-corrected chi connectivity index (χ4v) is 1.75. The Hall–Kier alpha value is -2.27. The van der Waals surface area contributed by atoms with Crippen molar-refractivity contribution in [2.45, 2.75) is 0 Å². The van der Waals surface area contributed by atoms with Gasteiger partial charge in [0.05, 0.1) is 16.4 Å². The van der Waals surface area contributed by atoms with Crippen LogP contribution in [-0.4, -0.2) is 12.5 Å². The molecular formula is C14H12ClFN2O2. The molecule has 20 heavy (non-hydrogen) atoms. The maximum absolute atomic E-state index is 12.8. The molecule has 0 atom stereocenters. The highest BCUT2D eigenvalue weighted by Crippen LogP contribution is 2.24. The quantitative estimate of drug-likeness (QED) is 0.852. The Balaban J connectivity index is 1.94. The molecule has 2 rings (SSSR count). The van der Waals surface area contributed by atoms with Gasteiger partial charge < -0.3 is 15.8 Å². The van der Waals surface area contributed by atoms with Crippen molar-refractivity contribution < 1.29 is 13.9 Å². The van der Waals surface area contributed by atoms with Gasteiger partial charge in [-0.05, 0) is 30.3 Å². The fraction of sp³-hybridized carbons (Fsp3) is 0.0714. The Bertz CT molecular complexity index is 634. The first kappa shape index (κ1) is 14.1. The van der Waals surface area contributed by atoms with E-state index in [9.17, 15) is 9.18 Å². The fourth-order valence-electron chi connectivity index (χ4n) is 1.53. The minimum absolute atomic E-state index is 0.108. The maximum Gasteiger partial charge on any atom is 0.262 e. The zero-order valence-electron chi connectivity index (χ0n) is 10.4. The number of carbonyl (C=O) groups excluding carboxylic acids is 1. The summed E-state index contributed by atoms with van der Waals surface area (Å²) in [5, 5.41) is 2.71. The van der Waals surface area contributed by atoms with Gasteiger partial charge in [-0.3, -0.25) is 4.79 Å². The predicted octanol–water partition coefficient (Wildman–Crippen LogP) is 3.08. The van der Waals surface area contributed by atoms with Crippen LogP contribution in [0.15, 0.2) is 42.5 Å². The van der Waals surface area contributed by atoms with Gasteiger partial charge in [0.15, 0.2) is 6.61 Å².